The van der Waals surface area contributed by atoms with E-state index in [9.17, 15) is 0 Å². The third kappa shape index (κ3) is 2.63. The third-order valence-electron chi connectivity index (χ3n) is 3.98. The van der Waals surface area contributed by atoms with Crippen LogP contribution in [0.2, 0.25) is 0 Å². The Morgan fingerprint density at radius 3 is 2.65 bits per heavy atom. The molecule has 2 atom stereocenters. The minimum Gasteiger partial charge on any atom is -0.309 e. The summed E-state index contributed by atoms with van der Waals surface area (Å²) < 4.78 is 0. The quantitative estimate of drug-likeness (QED) is 0.880. The molecular weight excluding hydrogens is 262 g/mol. The Labute approximate surface area is 125 Å². The van der Waals surface area contributed by atoms with Gasteiger partial charge in [0.1, 0.15) is 0 Å². The molecule has 1 aliphatic rings. The molecule has 0 fully saturated rings. The predicted octanol–water partition coefficient (Wildman–Crippen LogP) is 4.64. The van der Waals surface area contributed by atoms with E-state index in [0.29, 0.717) is 11.3 Å². The molecule has 2 unspecified atom stereocenters. The summed E-state index contributed by atoms with van der Waals surface area (Å²) in [7, 11) is 0. The highest BCUT2D eigenvalue weighted by Crippen LogP contribution is 2.39. The van der Waals surface area contributed by atoms with Gasteiger partial charge >= 0.3 is 0 Å². The van der Waals surface area contributed by atoms with Crippen LogP contribution in [0.3, 0.4) is 0 Å². The number of benzene rings is 2. The monoisotopic (exact) mass is 283 g/mol. The van der Waals surface area contributed by atoms with Gasteiger partial charge in [0.15, 0.2) is 0 Å². The van der Waals surface area contributed by atoms with Crippen molar-refractivity contribution in [3.8, 4) is 11.1 Å². The van der Waals surface area contributed by atoms with Gasteiger partial charge in [-0.25, -0.2) is 0 Å². The zero-order valence-electron chi connectivity index (χ0n) is 12.1. The fourth-order valence-electron chi connectivity index (χ4n) is 2.89. The summed E-state index contributed by atoms with van der Waals surface area (Å²) in [6.45, 7) is 5.54. The maximum absolute atomic E-state index is 3.65. The summed E-state index contributed by atoms with van der Waals surface area (Å²) in [6.07, 6.45) is 0. The molecule has 0 spiro atoms. The van der Waals surface area contributed by atoms with E-state index in [1.807, 2.05) is 11.8 Å². The summed E-state index contributed by atoms with van der Waals surface area (Å²) >= 11 is 2.05. The molecule has 0 bridgehead atoms. The summed E-state index contributed by atoms with van der Waals surface area (Å²) in [4.78, 5) is 0. The van der Waals surface area contributed by atoms with Crippen molar-refractivity contribution in [2.45, 2.75) is 30.9 Å². The number of rotatable bonds is 3. The molecular formula is C18H21NS. The molecule has 0 aliphatic carbocycles. The normalized spacial score (nSPS) is 21.5. The van der Waals surface area contributed by atoms with Crippen LogP contribution < -0.4 is 5.32 Å². The van der Waals surface area contributed by atoms with Crippen LogP contribution in [0, 0.1) is 0 Å². The highest BCUT2D eigenvalue weighted by molar-refractivity contribution is 7.99. The molecule has 0 amide bonds. The SMILES string of the molecule is CCNC1c2cc(-c3ccccc3)ccc2CSC1C. The third-order valence-corrected chi connectivity index (χ3v) is 5.26. The van der Waals surface area contributed by atoms with Crippen LogP contribution in [-0.4, -0.2) is 11.8 Å². The lowest BCUT2D eigenvalue weighted by atomic mass is 9.93. The number of fused-ring (bicyclic) bond motifs is 1. The van der Waals surface area contributed by atoms with Crippen LogP contribution in [0.5, 0.6) is 0 Å². The molecule has 2 heteroatoms. The van der Waals surface area contributed by atoms with Gasteiger partial charge in [0, 0.05) is 17.0 Å². The van der Waals surface area contributed by atoms with E-state index in [4.69, 9.17) is 0 Å². The first-order valence-electron chi connectivity index (χ1n) is 7.33. The fourth-order valence-corrected chi connectivity index (χ4v) is 4.03. The molecule has 2 aromatic rings. The number of hydrogen-bond acceptors (Lipinski definition) is 2. The van der Waals surface area contributed by atoms with Crippen LogP contribution in [0.25, 0.3) is 11.1 Å². The molecule has 0 saturated carbocycles. The lowest BCUT2D eigenvalue weighted by molar-refractivity contribution is 0.540. The topological polar surface area (TPSA) is 12.0 Å². The number of hydrogen-bond donors (Lipinski definition) is 1. The first-order valence-corrected chi connectivity index (χ1v) is 8.37. The molecule has 0 aromatic heterocycles. The Kier molecular flexibility index (Phi) is 4.13. The molecule has 3 rings (SSSR count). The zero-order chi connectivity index (χ0) is 13.9. The van der Waals surface area contributed by atoms with Crippen LogP contribution in [0.1, 0.15) is 31.0 Å². The fraction of sp³-hybridized carbons (Fsp3) is 0.333. The molecule has 1 N–H and O–H groups in total. The standard InChI is InChI=1S/C18H21NS/c1-3-19-18-13(2)20-12-16-10-9-15(11-17(16)18)14-7-5-4-6-8-14/h4-11,13,18-19H,3,12H2,1-2H3. The minimum absolute atomic E-state index is 0.470. The zero-order valence-corrected chi connectivity index (χ0v) is 12.9. The van der Waals surface area contributed by atoms with Crippen LogP contribution >= 0.6 is 11.8 Å². The smallest absolute Gasteiger partial charge is 0.0441 e. The first kappa shape index (κ1) is 13.7. The first-order chi connectivity index (χ1) is 9.79. The summed E-state index contributed by atoms with van der Waals surface area (Å²) in [5.41, 5.74) is 5.60. The molecule has 2 aromatic carbocycles. The Morgan fingerprint density at radius 1 is 1.10 bits per heavy atom. The molecule has 1 heterocycles. The van der Waals surface area contributed by atoms with E-state index >= 15 is 0 Å². The Bertz CT molecular complexity index is 579. The van der Waals surface area contributed by atoms with Gasteiger partial charge in [0.25, 0.3) is 0 Å². The largest absolute Gasteiger partial charge is 0.309 e. The summed E-state index contributed by atoms with van der Waals surface area (Å²) in [6, 6.07) is 18.1. The van der Waals surface area contributed by atoms with Crippen LogP contribution in [0.4, 0.5) is 0 Å². The van der Waals surface area contributed by atoms with E-state index in [1.165, 1.54) is 22.3 Å². The van der Waals surface area contributed by atoms with Crippen LogP contribution in [-0.2, 0) is 5.75 Å². The second kappa shape index (κ2) is 6.02. The number of nitrogens with one attached hydrogen (secondary N) is 1. The summed E-state index contributed by atoms with van der Waals surface area (Å²) in [5, 5.41) is 4.28. The van der Waals surface area contributed by atoms with Gasteiger partial charge in [0.05, 0.1) is 0 Å². The minimum atomic E-state index is 0.470. The van der Waals surface area contributed by atoms with E-state index in [0.717, 1.165) is 12.3 Å². The number of thioether (sulfide) groups is 1. The van der Waals surface area contributed by atoms with Crippen molar-refractivity contribution in [2.24, 2.45) is 0 Å². The Hall–Kier alpha value is -1.25. The highest BCUT2D eigenvalue weighted by Gasteiger charge is 2.26. The van der Waals surface area contributed by atoms with Crippen molar-refractivity contribution < 1.29 is 0 Å². The van der Waals surface area contributed by atoms with Crippen molar-refractivity contribution in [3.63, 3.8) is 0 Å². The maximum atomic E-state index is 3.65. The van der Waals surface area contributed by atoms with E-state index in [1.54, 1.807) is 0 Å². The molecule has 1 nitrogen and oxygen atoms in total. The van der Waals surface area contributed by atoms with Crippen molar-refractivity contribution in [1.82, 2.24) is 5.32 Å². The Balaban J connectivity index is 2.02. The molecule has 1 aliphatic heterocycles. The van der Waals surface area contributed by atoms with Gasteiger partial charge < -0.3 is 5.32 Å². The van der Waals surface area contributed by atoms with E-state index < -0.39 is 0 Å². The second-order valence-corrected chi connectivity index (χ2v) is 6.70. The Morgan fingerprint density at radius 2 is 1.90 bits per heavy atom. The lowest BCUT2D eigenvalue weighted by Gasteiger charge is -2.32. The van der Waals surface area contributed by atoms with Crippen molar-refractivity contribution in [3.05, 3.63) is 59.7 Å². The average Bonchev–Trinajstić information content (AvgIpc) is 2.51. The van der Waals surface area contributed by atoms with E-state index in [2.05, 4.69) is 67.7 Å². The van der Waals surface area contributed by atoms with Gasteiger partial charge in [-0.3, -0.25) is 0 Å². The lowest BCUT2D eigenvalue weighted by Crippen LogP contribution is -2.31. The van der Waals surface area contributed by atoms with Crippen LogP contribution in [0.15, 0.2) is 48.5 Å². The molecule has 0 radical (unpaired) electrons. The van der Waals surface area contributed by atoms with Gasteiger partial charge in [-0.05, 0) is 34.9 Å². The maximum Gasteiger partial charge on any atom is 0.0441 e. The van der Waals surface area contributed by atoms with E-state index in [-0.39, 0.29) is 0 Å². The second-order valence-electron chi connectivity index (χ2n) is 5.33. The van der Waals surface area contributed by atoms with Gasteiger partial charge in [0.2, 0.25) is 0 Å². The van der Waals surface area contributed by atoms with Crippen molar-refractivity contribution in [1.29, 1.82) is 0 Å². The van der Waals surface area contributed by atoms with Crippen molar-refractivity contribution in [2.75, 3.05) is 6.54 Å². The predicted molar refractivity (Wildman–Crippen MR) is 89.1 cm³/mol. The van der Waals surface area contributed by atoms with Gasteiger partial charge in [-0.2, -0.15) is 11.8 Å². The molecule has 20 heavy (non-hydrogen) atoms. The average molecular weight is 283 g/mol. The molecule has 104 valence electrons. The molecule has 0 saturated heterocycles. The van der Waals surface area contributed by atoms with Gasteiger partial charge in [-0.15, -0.1) is 0 Å². The summed E-state index contributed by atoms with van der Waals surface area (Å²) in [5.74, 6) is 1.13. The van der Waals surface area contributed by atoms with Crippen molar-refractivity contribution >= 4 is 11.8 Å². The highest BCUT2D eigenvalue weighted by atomic mass is 32.2. The van der Waals surface area contributed by atoms with Gasteiger partial charge in [-0.1, -0.05) is 56.3 Å².